The lowest BCUT2D eigenvalue weighted by atomic mass is 10.4. The second-order valence-electron chi connectivity index (χ2n) is 2.60. The van der Waals surface area contributed by atoms with Crippen molar-refractivity contribution in [2.45, 2.75) is 18.6 Å². The molecule has 1 aliphatic rings. The minimum atomic E-state index is -3.06. The van der Waals surface area contributed by atoms with Gasteiger partial charge in [0.05, 0.1) is 13.2 Å². The molecule has 0 bridgehead atoms. The summed E-state index contributed by atoms with van der Waals surface area (Å²) in [4.78, 5) is 0. The van der Waals surface area contributed by atoms with Crippen LogP contribution in [-0.2, 0) is 14.8 Å². The quantitative estimate of drug-likeness (QED) is 0.645. The first kappa shape index (κ1) is 8.96. The number of hydrogen-bond donors (Lipinski definition) is 1. The van der Waals surface area contributed by atoms with E-state index in [1.807, 2.05) is 6.92 Å². The molecule has 0 atom stereocenters. The summed E-state index contributed by atoms with van der Waals surface area (Å²) in [6.07, 6.45) is 0.826. The highest BCUT2D eigenvalue weighted by Crippen LogP contribution is 2.09. The van der Waals surface area contributed by atoms with E-state index in [1.54, 1.807) is 0 Å². The van der Waals surface area contributed by atoms with Gasteiger partial charge in [0.25, 0.3) is 0 Å². The van der Waals surface area contributed by atoms with Gasteiger partial charge in [-0.1, -0.05) is 6.92 Å². The molecule has 1 rings (SSSR count). The summed E-state index contributed by atoms with van der Waals surface area (Å²) in [5.74, 6) is 0. The molecule has 4 nitrogen and oxygen atoms in total. The van der Waals surface area contributed by atoms with Crippen LogP contribution in [0.15, 0.2) is 0 Å². The molecule has 0 radical (unpaired) electrons. The van der Waals surface area contributed by atoms with Crippen LogP contribution in [0.25, 0.3) is 0 Å². The van der Waals surface area contributed by atoms with E-state index < -0.39 is 10.0 Å². The third-order valence-corrected chi connectivity index (χ3v) is 3.36. The SMILES string of the molecule is CCCNS(=O)(=O)C1COC1. The van der Waals surface area contributed by atoms with E-state index in [0.717, 1.165) is 6.42 Å². The Hall–Kier alpha value is -0.130. The third kappa shape index (κ3) is 2.15. The fourth-order valence-electron chi connectivity index (χ4n) is 0.755. The fourth-order valence-corrected chi connectivity index (χ4v) is 2.03. The number of hydrogen-bond acceptors (Lipinski definition) is 3. The molecular weight excluding hydrogens is 166 g/mol. The number of ether oxygens (including phenoxy) is 1. The highest BCUT2D eigenvalue weighted by molar-refractivity contribution is 7.90. The molecule has 0 aromatic carbocycles. The van der Waals surface area contributed by atoms with Gasteiger partial charge in [-0.25, -0.2) is 13.1 Å². The maximum Gasteiger partial charge on any atom is 0.219 e. The van der Waals surface area contributed by atoms with Crippen molar-refractivity contribution in [3.63, 3.8) is 0 Å². The summed E-state index contributed by atoms with van der Waals surface area (Å²) < 4.78 is 29.6. The van der Waals surface area contributed by atoms with Crippen LogP contribution >= 0.6 is 0 Å². The van der Waals surface area contributed by atoms with Crippen molar-refractivity contribution < 1.29 is 13.2 Å². The molecule has 0 aromatic rings. The lowest BCUT2D eigenvalue weighted by Gasteiger charge is -2.25. The van der Waals surface area contributed by atoms with Gasteiger partial charge in [0.2, 0.25) is 10.0 Å². The second kappa shape index (κ2) is 3.51. The molecule has 1 fully saturated rings. The van der Waals surface area contributed by atoms with E-state index in [1.165, 1.54) is 0 Å². The maximum absolute atomic E-state index is 11.2. The van der Waals surface area contributed by atoms with Crippen molar-refractivity contribution >= 4 is 10.0 Å². The minimum absolute atomic E-state index is 0.311. The molecule has 0 saturated carbocycles. The van der Waals surface area contributed by atoms with Gasteiger partial charge in [0.1, 0.15) is 5.25 Å². The largest absolute Gasteiger partial charge is 0.378 e. The van der Waals surface area contributed by atoms with E-state index in [4.69, 9.17) is 4.74 Å². The van der Waals surface area contributed by atoms with E-state index in [9.17, 15) is 8.42 Å². The Bertz CT molecular complexity index is 208. The summed E-state index contributed by atoms with van der Waals surface area (Å²) in [5.41, 5.74) is 0. The van der Waals surface area contributed by atoms with Gasteiger partial charge in [0, 0.05) is 6.54 Å². The van der Waals surface area contributed by atoms with Gasteiger partial charge >= 0.3 is 0 Å². The zero-order chi connectivity index (χ0) is 8.32. The lowest BCUT2D eigenvalue weighted by molar-refractivity contribution is 0.0411. The fraction of sp³-hybridized carbons (Fsp3) is 1.00. The Morgan fingerprint density at radius 2 is 2.18 bits per heavy atom. The molecule has 1 aliphatic heterocycles. The average molecular weight is 179 g/mol. The molecule has 1 N–H and O–H groups in total. The Balaban J connectivity index is 2.39. The molecule has 1 heterocycles. The molecule has 0 amide bonds. The Morgan fingerprint density at radius 3 is 2.55 bits per heavy atom. The van der Waals surface area contributed by atoms with Crippen LogP contribution in [0.5, 0.6) is 0 Å². The molecule has 0 aromatic heterocycles. The van der Waals surface area contributed by atoms with Gasteiger partial charge in [-0.2, -0.15) is 0 Å². The highest BCUT2D eigenvalue weighted by Gasteiger charge is 2.31. The van der Waals surface area contributed by atoms with Crippen LogP contribution in [0, 0.1) is 0 Å². The standard InChI is InChI=1S/C6H13NO3S/c1-2-3-7-11(8,9)6-4-10-5-6/h6-7H,2-5H2,1H3. The molecule has 66 valence electrons. The topological polar surface area (TPSA) is 55.4 Å². The van der Waals surface area contributed by atoms with Gasteiger partial charge in [0.15, 0.2) is 0 Å². The predicted molar refractivity (Wildman–Crippen MR) is 41.8 cm³/mol. The molecule has 11 heavy (non-hydrogen) atoms. The summed E-state index contributed by atoms with van der Waals surface area (Å²) in [6, 6.07) is 0. The summed E-state index contributed by atoms with van der Waals surface area (Å²) in [5, 5.41) is -0.311. The van der Waals surface area contributed by atoms with E-state index in [-0.39, 0.29) is 5.25 Å². The molecular formula is C6H13NO3S. The van der Waals surface area contributed by atoms with Gasteiger partial charge < -0.3 is 4.74 Å². The summed E-state index contributed by atoms with van der Waals surface area (Å²) in [7, 11) is -3.06. The van der Waals surface area contributed by atoms with E-state index >= 15 is 0 Å². The number of sulfonamides is 1. The van der Waals surface area contributed by atoms with Crippen LogP contribution in [0.2, 0.25) is 0 Å². The molecule has 0 unspecified atom stereocenters. The Labute approximate surface area is 67.0 Å². The van der Waals surface area contributed by atoms with Crippen molar-refractivity contribution in [1.82, 2.24) is 4.72 Å². The monoisotopic (exact) mass is 179 g/mol. The first-order valence-electron chi connectivity index (χ1n) is 3.73. The smallest absolute Gasteiger partial charge is 0.219 e. The van der Waals surface area contributed by atoms with Crippen molar-refractivity contribution in [3.05, 3.63) is 0 Å². The molecule has 0 aliphatic carbocycles. The van der Waals surface area contributed by atoms with Crippen LogP contribution in [0.3, 0.4) is 0 Å². The normalized spacial score (nSPS) is 19.7. The second-order valence-corrected chi connectivity index (χ2v) is 4.64. The lowest BCUT2D eigenvalue weighted by Crippen LogP contribution is -2.46. The average Bonchev–Trinajstić information content (AvgIpc) is 1.78. The Kier molecular flexibility index (Phi) is 2.86. The molecule has 1 saturated heterocycles. The van der Waals surface area contributed by atoms with Gasteiger partial charge in [-0.3, -0.25) is 0 Å². The van der Waals surface area contributed by atoms with E-state index in [2.05, 4.69) is 4.72 Å². The van der Waals surface area contributed by atoms with Crippen molar-refractivity contribution in [1.29, 1.82) is 0 Å². The van der Waals surface area contributed by atoms with Crippen LogP contribution in [0.4, 0.5) is 0 Å². The van der Waals surface area contributed by atoms with Crippen molar-refractivity contribution in [2.24, 2.45) is 0 Å². The zero-order valence-electron chi connectivity index (χ0n) is 6.54. The number of rotatable bonds is 4. The first-order valence-corrected chi connectivity index (χ1v) is 5.27. The van der Waals surface area contributed by atoms with Crippen molar-refractivity contribution in [3.8, 4) is 0 Å². The molecule has 0 spiro atoms. The Morgan fingerprint density at radius 1 is 1.55 bits per heavy atom. The third-order valence-electron chi connectivity index (χ3n) is 1.60. The van der Waals surface area contributed by atoms with E-state index in [0.29, 0.717) is 19.8 Å². The van der Waals surface area contributed by atoms with Crippen molar-refractivity contribution in [2.75, 3.05) is 19.8 Å². The van der Waals surface area contributed by atoms with Crippen LogP contribution in [-0.4, -0.2) is 33.4 Å². The zero-order valence-corrected chi connectivity index (χ0v) is 7.36. The van der Waals surface area contributed by atoms with Gasteiger partial charge in [-0.05, 0) is 6.42 Å². The summed E-state index contributed by atoms with van der Waals surface area (Å²) >= 11 is 0. The highest BCUT2D eigenvalue weighted by atomic mass is 32.2. The minimum Gasteiger partial charge on any atom is -0.378 e. The maximum atomic E-state index is 11.2. The molecule has 5 heteroatoms. The summed E-state index contributed by atoms with van der Waals surface area (Å²) in [6.45, 7) is 3.15. The predicted octanol–water partition coefficient (Wildman–Crippen LogP) is -0.285. The van der Waals surface area contributed by atoms with Gasteiger partial charge in [-0.15, -0.1) is 0 Å². The first-order chi connectivity index (χ1) is 5.17. The van der Waals surface area contributed by atoms with Crippen LogP contribution < -0.4 is 4.72 Å². The number of nitrogens with one attached hydrogen (secondary N) is 1. The van der Waals surface area contributed by atoms with Crippen LogP contribution in [0.1, 0.15) is 13.3 Å².